The quantitative estimate of drug-likeness (QED) is 0.932. The van der Waals surface area contributed by atoms with E-state index in [1.165, 1.54) is 12.1 Å². The van der Waals surface area contributed by atoms with E-state index in [1.54, 1.807) is 19.1 Å². The van der Waals surface area contributed by atoms with Crippen LogP contribution in [-0.2, 0) is 6.18 Å². The summed E-state index contributed by atoms with van der Waals surface area (Å²) in [6.07, 6.45) is -4.35. The number of rotatable bonds is 4. The standard InChI is InChI=1S/C14H14F3NO2/c1-9-2-7-13(20-9)12(18)8-19-11-5-3-10(4-6-11)14(15,16)17/h2-7,12H,8,18H2,1H3. The molecule has 3 nitrogen and oxygen atoms in total. The number of halogens is 3. The predicted octanol–water partition coefficient (Wildman–Crippen LogP) is 3.69. The molecule has 6 heteroatoms. The third kappa shape index (κ3) is 3.54. The number of furan rings is 1. The number of alkyl halides is 3. The Labute approximate surface area is 114 Å². The average molecular weight is 285 g/mol. The van der Waals surface area contributed by atoms with Crippen molar-refractivity contribution in [1.82, 2.24) is 0 Å². The number of aryl methyl sites for hydroxylation is 1. The Morgan fingerprint density at radius 1 is 1.15 bits per heavy atom. The molecule has 0 aliphatic heterocycles. The minimum Gasteiger partial charge on any atom is -0.491 e. The summed E-state index contributed by atoms with van der Waals surface area (Å²) in [5.74, 6) is 1.65. The SMILES string of the molecule is Cc1ccc(C(N)COc2ccc(C(F)(F)F)cc2)o1. The summed E-state index contributed by atoms with van der Waals surface area (Å²) >= 11 is 0. The molecule has 0 amide bonds. The lowest BCUT2D eigenvalue weighted by atomic mass is 10.2. The van der Waals surface area contributed by atoms with Crippen LogP contribution in [0.1, 0.15) is 23.1 Å². The molecule has 0 aliphatic carbocycles. The van der Waals surface area contributed by atoms with Crippen LogP contribution in [0.2, 0.25) is 0 Å². The van der Waals surface area contributed by atoms with Gasteiger partial charge in [0.05, 0.1) is 11.6 Å². The number of nitrogens with two attached hydrogens (primary N) is 1. The Hall–Kier alpha value is -1.95. The summed E-state index contributed by atoms with van der Waals surface area (Å²) in [5, 5.41) is 0. The largest absolute Gasteiger partial charge is 0.491 e. The zero-order chi connectivity index (χ0) is 14.8. The van der Waals surface area contributed by atoms with E-state index in [1.807, 2.05) is 0 Å². The maximum atomic E-state index is 12.4. The molecule has 1 aromatic heterocycles. The molecule has 1 unspecified atom stereocenters. The first-order chi connectivity index (χ1) is 9.36. The lowest BCUT2D eigenvalue weighted by Gasteiger charge is -2.12. The fraction of sp³-hybridized carbons (Fsp3) is 0.286. The molecular weight excluding hydrogens is 271 g/mol. The average Bonchev–Trinajstić information content (AvgIpc) is 2.82. The number of hydrogen-bond acceptors (Lipinski definition) is 3. The van der Waals surface area contributed by atoms with E-state index < -0.39 is 17.8 Å². The molecule has 20 heavy (non-hydrogen) atoms. The maximum Gasteiger partial charge on any atom is 0.416 e. The number of ether oxygens (including phenoxy) is 1. The molecule has 0 bridgehead atoms. The highest BCUT2D eigenvalue weighted by molar-refractivity contribution is 5.29. The minimum atomic E-state index is -4.35. The number of benzene rings is 1. The van der Waals surface area contributed by atoms with Crippen molar-refractivity contribution in [3.8, 4) is 5.75 Å². The fourth-order valence-electron chi connectivity index (χ4n) is 1.66. The zero-order valence-corrected chi connectivity index (χ0v) is 10.8. The molecule has 0 radical (unpaired) electrons. The smallest absolute Gasteiger partial charge is 0.416 e. The van der Waals surface area contributed by atoms with E-state index in [4.69, 9.17) is 14.9 Å². The molecule has 0 saturated carbocycles. The van der Waals surface area contributed by atoms with E-state index in [9.17, 15) is 13.2 Å². The van der Waals surface area contributed by atoms with Crippen LogP contribution < -0.4 is 10.5 Å². The van der Waals surface area contributed by atoms with E-state index in [0.29, 0.717) is 11.5 Å². The summed E-state index contributed by atoms with van der Waals surface area (Å²) in [7, 11) is 0. The van der Waals surface area contributed by atoms with Gasteiger partial charge >= 0.3 is 6.18 Å². The van der Waals surface area contributed by atoms with Crippen molar-refractivity contribution in [2.75, 3.05) is 6.61 Å². The minimum absolute atomic E-state index is 0.123. The van der Waals surface area contributed by atoms with Gasteiger partial charge in [0.2, 0.25) is 0 Å². The van der Waals surface area contributed by atoms with Gasteiger partial charge in [0.25, 0.3) is 0 Å². The Balaban J connectivity index is 1.94. The Kier molecular flexibility index (Phi) is 4.04. The molecule has 0 aliphatic rings. The molecular formula is C14H14F3NO2. The van der Waals surface area contributed by atoms with Gasteiger partial charge in [-0.2, -0.15) is 13.2 Å². The summed E-state index contributed by atoms with van der Waals surface area (Å²) in [4.78, 5) is 0. The summed E-state index contributed by atoms with van der Waals surface area (Å²) in [5.41, 5.74) is 5.14. The van der Waals surface area contributed by atoms with Crippen molar-refractivity contribution in [1.29, 1.82) is 0 Å². The van der Waals surface area contributed by atoms with Crippen LogP contribution in [-0.4, -0.2) is 6.61 Å². The Morgan fingerprint density at radius 3 is 2.30 bits per heavy atom. The third-order valence-corrected chi connectivity index (χ3v) is 2.74. The maximum absolute atomic E-state index is 12.4. The van der Waals surface area contributed by atoms with Crippen LogP contribution in [0.5, 0.6) is 5.75 Å². The van der Waals surface area contributed by atoms with Crippen molar-refractivity contribution in [3.05, 3.63) is 53.5 Å². The molecule has 2 aromatic rings. The molecule has 1 atom stereocenters. The van der Waals surface area contributed by atoms with Crippen molar-refractivity contribution in [2.45, 2.75) is 19.1 Å². The van der Waals surface area contributed by atoms with Gasteiger partial charge in [0.15, 0.2) is 0 Å². The predicted molar refractivity (Wildman–Crippen MR) is 67.3 cm³/mol. The topological polar surface area (TPSA) is 48.4 Å². The van der Waals surface area contributed by atoms with E-state index in [2.05, 4.69) is 0 Å². The van der Waals surface area contributed by atoms with Crippen molar-refractivity contribution in [2.24, 2.45) is 5.73 Å². The fourth-order valence-corrected chi connectivity index (χ4v) is 1.66. The summed E-state index contributed by atoms with van der Waals surface area (Å²) in [6.45, 7) is 1.92. The summed E-state index contributed by atoms with van der Waals surface area (Å²) < 4.78 is 47.8. The molecule has 1 aromatic carbocycles. The van der Waals surface area contributed by atoms with Gasteiger partial charge in [-0.3, -0.25) is 0 Å². The van der Waals surface area contributed by atoms with Gasteiger partial charge in [0.1, 0.15) is 23.9 Å². The molecule has 0 saturated heterocycles. The monoisotopic (exact) mass is 285 g/mol. The van der Waals surface area contributed by atoms with Crippen molar-refractivity contribution in [3.63, 3.8) is 0 Å². The molecule has 0 fully saturated rings. The lowest BCUT2D eigenvalue weighted by Crippen LogP contribution is -2.18. The van der Waals surface area contributed by atoms with Gasteiger partial charge < -0.3 is 14.9 Å². The van der Waals surface area contributed by atoms with Crippen LogP contribution in [0.4, 0.5) is 13.2 Å². The molecule has 108 valence electrons. The first-order valence-electron chi connectivity index (χ1n) is 5.98. The Morgan fingerprint density at radius 2 is 1.80 bits per heavy atom. The highest BCUT2D eigenvalue weighted by Gasteiger charge is 2.30. The first-order valence-corrected chi connectivity index (χ1v) is 5.98. The van der Waals surface area contributed by atoms with Gasteiger partial charge in [-0.25, -0.2) is 0 Å². The third-order valence-electron chi connectivity index (χ3n) is 2.74. The van der Waals surface area contributed by atoms with Crippen LogP contribution >= 0.6 is 0 Å². The first kappa shape index (κ1) is 14.5. The van der Waals surface area contributed by atoms with Crippen LogP contribution in [0.15, 0.2) is 40.8 Å². The second kappa shape index (κ2) is 5.58. The van der Waals surface area contributed by atoms with Crippen molar-refractivity contribution < 1.29 is 22.3 Å². The highest BCUT2D eigenvalue weighted by atomic mass is 19.4. The van der Waals surface area contributed by atoms with Gasteiger partial charge in [-0.15, -0.1) is 0 Å². The van der Waals surface area contributed by atoms with Crippen LogP contribution in [0.3, 0.4) is 0 Å². The molecule has 2 N–H and O–H groups in total. The highest BCUT2D eigenvalue weighted by Crippen LogP contribution is 2.30. The zero-order valence-electron chi connectivity index (χ0n) is 10.8. The molecule has 1 heterocycles. The second-order valence-corrected chi connectivity index (χ2v) is 4.39. The second-order valence-electron chi connectivity index (χ2n) is 4.39. The van der Waals surface area contributed by atoms with Gasteiger partial charge in [-0.1, -0.05) is 0 Å². The Bertz CT molecular complexity index is 561. The van der Waals surface area contributed by atoms with Crippen LogP contribution in [0, 0.1) is 6.92 Å². The van der Waals surface area contributed by atoms with Gasteiger partial charge in [-0.05, 0) is 43.3 Å². The van der Waals surface area contributed by atoms with Crippen molar-refractivity contribution >= 4 is 0 Å². The summed E-state index contributed by atoms with van der Waals surface area (Å²) in [6, 6.07) is 7.54. The van der Waals surface area contributed by atoms with E-state index >= 15 is 0 Å². The normalized spacial score (nSPS) is 13.2. The van der Waals surface area contributed by atoms with Crippen LogP contribution in [0.25, 0.3) is 0 Å². The lowest BCUT2D eigenvalue weighted by molar-refractivity contribution is -0.137. The number of hydrogen-bond donors (Lipinski definition) is 1. The molecule has 2 rings (SSSR count). The van der Waals surface area contributed by atoms with E-state index in [0.717, 1.165) is 17.9 Å². The van der Waals surface area contributed by atoms with Gasteiger partial charge in [0, 0.05) is 0 Å². The molecule has 0 spiro atoms. The van der Waals surface area contributed by atoms with E-state index in [-0.39, 0.29) is 6.61 Å².